The zero-order valence-corrected chi connectivity index (χ0v) is 18.5. The summed E-state index contributed by atoms with van der Waals surface area (Å²) in [6.45, 7) is 6.14. The minimum atomic E-state index is -0.100. The summed E-state index contributed by atoms with van der Waals surface area (Å²) in [5, 5.41) is 2.97. The smallest absolute Gasteiger partial charge is 0.251 e. The van der Waals surface area contributed by atoms with Crippen molar-refractivity contribution in [1.82, 2.24) is 19.9 Å². The maximum atomic E-state index is 12.3. The van der Waals surface area contributed by atoms with Crippen LogP contribution in [0.3, 0.4) is 0 Å². The molecule has 0 bridgehead atoms. The maximum absolute atomic E-state index is 12.3. The van der Waals surface area contributed by atoms with Crippen molar-refractivity contribution in [3.05, 3.63) is 89.5 Å². The quantitative estimate of drug-likeness (QED) is 0.399. The number of aryl methyl sites for hydroxylation is 2. The minimum Gasteiger partial charge on any atom is -0.493 e. The van der Waals surface area contributed by atoms with E-state index < -0.39 is 0 Å². The lowest BCUT2D eigenvalue weighted by molar-refractivity contribution is 0.0954. The lowest BCUT2D eigenvalue weighted by atomic mass is 10.1. The number of pyridine rings is 1. The fraction of sp³-hybridized carbons (Fsp3) is 0.269. The van der Waals surface area contributed by atoms with Gasteiger partial charge in [0.15, 0.2) is 0 Å². The van der Waals surface area contributed by atoms with Crippen molar-refractivity contribution in [3.8, 4) is 5.75 Å². The summed E-state index contributed by atoms with van der Waals surface area (Å²) in [5.74, 6) is 1.81. The SMILES string of the molecule is Cc1cccc(OCCCn2c(CCNC(=O)c3ccncc3)nc3ccccc32)c1C. The monoisotopic (exact) mass is 428 g/mol. The number of hydrogen-bond donors (Lipinski definition) is 1. The maximum Gasteiger partial charge on any atom is 0.251 e. The van der Waals surface area contributed by atoms with E-state index in [-0.39, 0.29) is 5.91 Å². The second-order valence-electron chi connectivity index (χ2n) is 7.81. The summed E-state index contributed by atoms with van der Waals surface area (Å²) in [4.78, 5) is 21.1. The molecule has 0 fully saturated rings. The second-order valence-corrected chi connectivity index (χ2v) is 7.81. The van der Waals surface area contributed by atoms with Gasteiger partial charge in [0.05, 0.1) is 17.6 Å². The van der Waals surface area contributed by atoms with Gasteiger partial charge in [-0.05, 0) is 61.7 Å². The fourth-order valence-corrected chi connectivity index (χ4v) is 3.74. The van der Waals surface area contributed by atoms with Crippen LogP contribution in [0.25, 0.3) is 11.0 Å². The zero-order valence-electron chi connectivity index (χ0n) is 18.5. The van der Waals surface area contributed by atoms with Gasteiger partial charge in [-0.3, -0.25) is 9.78 Å². The van der Waals surface area contributed by atoms with Crippen LogP contribution in [0.2, 0.25) is 0 Å². The van der Waals surface area contributed by atoms with Crippen LogP contribution in [0.5, 0.6) is 5.75 Å². The number of nitrogens with one attached hydrogen (secondary N) is 1. The molecule has 0 unspecified atom stereocenters. The van der Waals surface area contributed by atoms with Crippen LogP contribution in [0, 0.1) is 13.8 Å². The van der Waals surface area contributed by atoms with E-state index in [0.29, 0.717) is 25.1 Å². The number of nitrogens with zero attached hydrogens (tertiary/aromatic N) is 3. The number of carbonyl (C=O) groups excluding carboxylic acids is 1. The Morgan fingerprint density at radius 1 is 1.03 bits per heavy atom. The molecule has 6 heteroatoms. The highest BCUT2D eigenvalue weighted by atomic mass is 16.5. The number of hydrogen-bond acceptors (Lipinski definition) is 4. The van der Waals surface area contributed by atoms with Gasteiger partial charge in [-0.2, -0.15) is 0 Å². The Hall–Kier alpha value is -3.67. The molecular formula is C26H28N4O2. The van der Waals surface area contributed by atoms with Crippen molar-refractivity contribution < 1.29 is 9.53 Å². The van der Waals surface area contributed by atoms with Crippen molar-refractivity contribution in [3.63, 3.8) is 0 Å². The molecule has 1 amide bonds. The van der Waals surface area contributed by atoms with E-state index in [1.807, 2.05) is 30.3 Å². The van der Waals surface area contributed by atoms with Crippen molar-refractivity contribution in [2.75, 3.05) is 13.2 Å². The van der Waals surface area contributed by atoms with Gasteiger partial charge in [-0.25, -0.2) is 4.98 Å². The molecule has 0 aliphatic carbocycles. The largest absolute Gasteiger partial charge is 0.493 e. The van der Waals surface area contributed by atoms with Gasteiger partial charge in [0.1, 0.15) is 11.6 Å². The van der Waals surface area contributed by atoms with Crippen LogP contribution in [0.1, 0.15) is 33.7 Å². The molecule has 1 N–H and O–H groups in total. The lowest BCUT2D eigenvalue weighted by Crippen LogP contribution is -2.26. The van der Waals surface area contributed by atoms with E-state index >= 15 is 0 Å². The topological polar surface area (TPSA) is 69.0 Å². The van der Waals surface area contributed by atoms with E-state index in [1.54, 1.807) is 24.5 Å². The van der Waals surface area contributed by atoms with Gasteiger partial charge in [0, 0.05) is 37.5 Å². The Kier molecular flexibility index (Phi) is 6.80. The summed E-state index contributed by atoms with van der Waals surface area (Å²) >= 11 is 0. The second kappa shape index (κ2) is 10.1. The molecule has 0 aliphatic rings. The highest BCUT2D eigenvalue weighted by Gasteiger charge is 2.12. The molecule has 0 radical (unpaired) electrons. The van der Waals surface area contributed by atoms with Crippen molar-refractivity contribution >= 4 is 16.9 Å². The molecule has 164 valence electrons. The average Bonchev–Trinajstić information content (AvgIpc) is 3.17. The van der Waals surface area contributed by atoms with Gasteiger partial charge in [0.2, 0.25) is 0 Å². The Morgan fingerprint density at radius 2 is 1.84 bits per heavy atom. The summed E-state index contributed by atoms with van der Waals surface area (Å²) in [6, 6.07) is 17.7. The predicted octanol–water partition coefficient (Wildman–Crippen LogP) is 4.49. The molecule has 0 atom stereocenters. The van der Waals surface area contributed by atoms with E-state index in [0.717, 1.165) is 35.6 Å². The highest BCUT2D eigenvalue weighted by molar-refractivity contribution is 5.93. The molecule has 0 spiro atoms. The van der Waals surface area contributed by atoms with E-state index in [4.69, 9.17) is 9.72 Å². The number of benzene rings is 2. The van der Waals surface area contributed by atoms with Gasteiger partial charge in [0.25, 0.3) is 5.91 Å². The lowest BCUT2D eigenvalue weighted by Gasteiger charge is -2.13. The Labute approximate surface area is 188 Å². The molecule has 2 aromatic heterocycles. The molecule has 0 aliphatic heterocycles. The highest BCUT2D eigenvalue weighted by Crippen LogP contribution is 2.21. The molecule has 2 aromatic carbocycles. The number of carbonyl (C=O) groups is 1. The van der Waals surface area contributed by atoms with Gasteiger partial charge >= 0.3 is 0 Å². The first kappa shape index (κ1) is 21.6. The van der Waals surface area contributed by atoms with Crippen molar-refractivity contribution in [2.45, 2.75) is 33.2 Å². The Balaban J connectivity index is 1.39. The predicted molar refractivity (Wildman–Crippen MR) is 126 cm³/mol. The van der Waals surface area contributed by atoms with Crippen molar-refractivity contribution in [1.29, 1.82) is 0 Å². The normalized spacial score (nSPS) is 10.9. The molecule has 6 nitrogen and oxygen atoms in total. The van der Waals surface area contributed by atoms with Crippen LogP contribution in [0.4, 0.5) is 0 Å². The van der Waals surface area contributed by atoms with Gasteiger partial charge in [-0.1, -0.05) is 24.3 Å². The molecule has 0 saturated carbocycles. The zero-order chi connectivity index (χ0) is 22.3. The molecule has 4 rings (SSSR count). The molecule has 0 saturated heterocycles. The third kappa shape index (κ3) is 4.97. The van der Waals surface area contributed by atoms with Crippen LogP contribution in [0.15, 0.2) is 67.0 Å². The molecule has 32 heavy (non-hydrogen) atoms. The van der Waals surface area contributed by atoms with E-state index in [1.165, 1.54) is 11.1 Å². The molecule has 2 heterocycles. The number of amides is 1. The summed E-state index contributed by atoms with van der Waals surface area (Å²) in [6.07, 6.45) is 4.76. The Morgan fingerprint density at radius 3 is 2.69 bits per heavy atom. The number of para-hydroxylation sites is 2. The molecular weight excluding hydrogens is 400 g/mol. The van der Waals surface area contributed by atoms with Crippen LogP contribution < -0.4 is 10.1 Å². The number of aromatic nitrogens is 3. The third-order valence-corrected chi connectivity index (χ3v) is 5.65. The fourth-order valence-electron chi connectivity index (χ4n) is 3.74. The third-order valence-electron chi connectivity index (χ3n) is 5.65. The standard InChI is InChI=1S/C26H28N4O2/c1-19-7-5-10-24(20(19)2)32-18-6-17-30-23-9-4-3-8-22(23)29-25(30)13-16-28-26(31)21-11-14-27-15-12-21/h3-5,7-12,14-15H,6,13,16-18H2,1-2H3,(H,28,31). The number of rotatable bonds is 9. The van der Waals surface area contributed by atoms with E-state index in [2.05, 4.69) is 40.8 Å². The van der Waals surface area contributed by atoms with Crippen LogP contribution in [-0.2, 0) is 13.0 Å². The summed E-state index contributed by atoms with van der Waals surface area (Å²) in [5.41, 5.74) is 5.11. The van der Waals surface area contributed by atoms with E-state index in [9.17, 15) is 4.79 Å². The molecule has 4 aromatic rings. The Bertz CT molecular complexity index is 1200. The minimum absolute atomic E-state index is 0.100. The number of fused-ring (bicyclic) bond motifs is 1. The first-order valence-electron chi connectivity index (χ1n) is 10.9. The van der Waals surface area contributed by atoms with Crippen LogP contribution in [-0.4, -0.2) is 33.6 Å². The van der Waals surface area contributed by atoms with Crippen molar-refractivity contribution in [2.24, 2.45) is 0 Å². The van der Waals surface area contributed by atoms with Crippen LogP contribution >= 0.6 is 0 Å². The van der Waals surface area contributed by atoms with Gasteiger partial charge in [-0.15, -0.1) is 0 Å². The number of ether oxygens (including phenoxy) is 1. The first-order chi connectivity index (χ1) is 15.6. The first-order valence-corrected chi connectivity index (χ1v) is 10.9. The summed E-state index contributed by atoms with van der Waals surface area (Å²) in [7, 11) is 0. The summed E-state index contributed by atoms with van der Waals surface area (Å²) < 4.78 is 8.27. The van der Waals surface area contributed by atoms with Gasteiger partial charge < -0.3 is 14.6 Å². The average molecular weight is 429 g/mol. The number of imidazole rings is 1.